The zero-order valence-corrected chi connectivity index (χ0v) is 8.73. The van der Waals surface area contributed by atoms with Crippen LogP contribution in [-0.2, 0) is 17.6 Å². The highest BCUT2D eigenvalue weighted by Crippen LogP contribution is 2.02. The van der Waals surface area contributed by atoms with E-state index in [2.05, 4.69) is 10.1 Å². The topological polar surface area (TPSA) is 87.5 Å². The van der Waals surface area contributed by atoms with Crippen LogP contribution >= 0.6 is 0 Å². The van der Waals surface area contributed by atoms with E-state index in [0.717, 1.165) is 12.1 Å². The molecule has 6 heteroatoms. The number of carboxylic acids is 1. The molecule has 0 saturated heterocycles. The molecule has 84 valence electrons. The normalized spacial score (nSPS) is 10.8. The molecule has 2 rings (SSSR count). The summed E-state index contributed by atoms with van der Waals surface area (Å²) in [6, 6.07) is 1.77. The van der Waals surface area contributed by atoms with Gasteiger partial charge in [-0.2, -0.15) is 0 Å². The first-order chi connectivity index (χ1) is 7.61. The lowest BCUT2D eigenvalue weighted by Gasteiger charge is -1.97. The molecule has 0 amide bonds. The van der Waals surface area contributed by atoms with Gasteiger partial charge in [-0.25, -0.2) is 9.50 Å². The molecular weight excluding hydrogens is 210 g/mol. The number of nitrogens with one attached hydrogen (secondary N) is 1. The lowest BCUT2D eigenvalue weighted by atomic mass is 10.2. The number of H-pyrrole nitrogens is 1. The molecule has 2 aromatic heterocycles. The lowest BCUT2D eigenvalue weighted by Crippen LogP contribution is -2.21. The average molecular weight is 221 g/mol. The largest absolute Gasteiger partial charge is 0.481 e. The summed E-state index contributed by atoms with van der Waals surface area (Å²) in [6.45, 7) is 1.95. The fraction of sp³-hybridized carbons (Fsp3) is 0.300. The first kappa shape index (κ1) is 10.4. The number of aromatic nitrogens is 3. The van der Waals surface area contributed by atoms with E-state index in [0.29, 0.717) is 5.65 Å². The van der Waals surface area contributed by atoms with Crippen molar-refractivity contribution in [3.8, 4) is 0 Å². The predicted octanol–water partition coefficient (Wildman–Crippen LogP) is 0.212. The van der Waals surface area contributed by atoms with Crippen LogP contribution in [0.5, 0.6) is 0 Å². The van der Waals surface area contributed by atoms with Gasteiger partial charge < -0.3 is 5.11 Å². The van der Waals surface area contributed by atoms with Gasteiger partial charge in [-0.1, -0.05) is 6.92 Å². The van der Waals surface area contributed by atoms with Gasteiger partial charge in [-0.05, 0) is 6.42 Å². The second-order valence-electron chi connectivity index (χ2n) is 3.49. The molecule has 0 aliphatic rings. The van der Waals surface area contributed by atoms with Gasteiger partial charge in [0.15, 0.2) is 5.65 Å². The minimum absolute atomic E-state index is 0.175. The Balaban J connectivity index is 2.59. The standard InChI is InChI=1S/C10H11N3O3/c1-2-7-4-8-11-5-6(3-9(14)15)10(16)13(8)12-7/h4-5,12H,2-3H2,1H3,(H,14,15). The summed E-state index contributed by atoms with van der Waals surface area (Å²) < 4.78 is 1.27. The van der Waals surface area contributed by atoms with Crippen LogP contribution in [0.2, 0.25) is 0 Å². The van der Waals surface area contributed by atoms with Crippen molar-refractivity contribution >= 4 is 11.6 Å². The molecule has 2 heterocycles. The summed E-state index contributed by atoms with van der Waals surface area (Å²) in [5, 5.41) is 11.5. The fourth-order valence-electron chi connectivity index (χ4n) is 1.51. The van der Waals surface area contributed by atoms with Crippen molar-refractivity contribution in [2.24, 2.45) is 0 Å². The Labute approximate surface area is 90.5 Å². The molecule has 0 atom stereocenters. The summed E-state index contributed by atoms with van der Waals surface area (Å²) in [4.78, 5) is 26.4. The van der Waals surface area contributed by atoms with Gasteiger partial charge in [0, 0.05) is 23.5 Å². The van der Waals surface area contributed by atoms with Crippen molar-refractivity contribution in [3.63, 3.8) is 0 Å². The van der Waals surface area contributed by atoms with Crippen molar-refractivity contribution in [2.45, 2.75) is 19.8 Å². The summed E-state index contributed by atoms with van der Waals surface area (Å²) >= 11 is 0. The number of nitrogens with zero attached hydrogens (tertiary/aromatic N) is 2. The molecule has 2 aromatic rings. The average Bonchev–Trinajstić information content (AvgIpc) is 2.65. The van der Waals surface area contributed by atoms with Gasteiger partial charge in [0.05, 0.1) is 6.42 Å². The van der Waals surface area contributed by atoms with Crippen LogP contribution in [-0.4, -0.2) is 25.7 Å². The number of aryl methyl sites for hydroxylation is 1. The zero-order valence-electron chi connectivity index (χ0n) is 8.73. The number of hydrogen-bond donors (Lipinski definition) is 2. The Morgan fingerprint density at radius 3 is 3.00 bits per heavy atom. The second-order valence-corrected chi connectivity index (χ2v) is 3.49. The van der Waals surface area contributed by atoms with Crippen LogP contribution in [0, 0.1) is 0 Å². The molecule has 16 heavy (non-hydrogen) atoms. The molecular formula is C10H11N3O3. The van der Waals surface area contributed by atoms with Gasteiger partial charge in [0.1, 0.15) is 0 Å². The highest BCUT2D eigenvalue weighted by molar-refractivity contribution is 5.70. The van der Waals surface area contributed by atoms with E-state index in [9.17, 15) is 9.59 Å². The molecule has 0 fully saturated rings. The number of fused-ring (bicyclic) bond motifs is 1. The van der Waals surface area contributed by atoms with Crippen molar-refractivity contribution in [3.05, 3.63) is 33.9 Å². The van der Waals surface area contributed by atoms with Gasteiger partial charge in [-0.3, -0.25) is 14.7 Å². The third kappa shape index (κ3) is 1.69. The van der Waals surface area contributed by atoms with Crippen LogP contribution in [0.25, 0.3) is 5.65 Å². The minimum atomic E-state index is -1.04. The molecule has 2 N–H and O–H groups in total. The van der Waals surface area contributed by atoms with Crippen LogP contribution in [0.15, 0.2) is 17.1 Å². The van der Waals surface area contributed by atoms with Crippen LogP contribution in [0.1, 0.15) is 18.2 Å². The Hall–Kier alpha value is -2.11. The van der Waals surface area contributed by atoms with Crippen LogP contribution in [0.4, 0.5) is 0 Å². The molecule has 0 radical (unpaired) electrons. The van der Waals surface area contributed by atoms with Crippen molar-refractivity contribution in [1.29, 1.82) is 0 Å². The second kappa shape index (κ2) is 3.80. The van der Waals surface area contributed by atoms with Gasteiger partial charge in [-0.15, -0.1) is 0 Å². The third-order valence-corrected chi connectivity index (χ3v) is 2.34. The fourth-order valence-corrected chi connectivity index (χ4v) is 1.51. The van der Waals surface area contributed by atoms with E-state index in [-0.39, 0.29) is 17.5 Å². The highest BCUT2D eigenvalue weighted by atomic mass is 16.4. The van der Waals surface area contributed by atoms with E-state index in [1.54, 1.807) is 6.07 Å². The Kier molecular flexibility index (Phi) is 2.47. The molecule has 6 nitrogen and oxygen atoms in total. The smallest absolute Gasteiger partial charge is 0.308 e. The molecule has 0 unspecified atom stereocenters. The lowest BCUT2D eigenvalue weighted by molar-refractivity contribution is -0.136. The number of aromatic amines is 1. The van der Waals surface area contributed by atoms with Crippen molar-refractivity contribution in [1.82, 2.24) is 14.6 Å². The van der Waals surface area contributed by atoms with E-state index in [4.69, 9.17) is 5.11 Å². The number of aliphatic carboxylic acids is 1. The summed E-state index contributed by atoms with van der Waals surface area (Å²) in [5.74, 6) is -1.04. The Morgan fingerprint density at radius 1 is 1.62 bits per heavy atom. The number of carbonyl (C=O) groups is 1. The molecule has 0 aliphatic carbocycles. The number of carboxylic acid groups (broad SMARTS) is 1. The van der Waals surface area contributed by atoms with Gasteiger partial charge >= 0.3 is 5.97 Å². The third-order valence-electron chi connectivity index (χ3n) is 2.34. The van der Waals surface area contributed by atoms with E-state index in [1.165, 1.54) is 10.7 Å². The van der Waals surface area contributed by atoms with E-state index in [1.807, 2.05) is 6.92 Å². The van der Waals surface area contributed by atoms with Crippen molar-refractivity contribution in [2.75, 3.05) is 0 Å². The Morgan fingerprint density at radius 2 is 2.38 bits per heavy atom. The summed E-state index contributed by atoms with van der Waals surface area (Å²) in [5.41, 5.74) is 1.22. The predicted molar refractivity (Wildman–Crippen MR) is 56.5 cm³/mol. The van der Waals surface area contributed by atoms with Gasteiger partial charge in [0.25, 0.3) is 5.56 Å². The zero-order chi connectivity index (χ0) is 11.7. The SMILES string of the molecule is CCc1cc2ncc(CC(=O)O)c(=O)n2[nH]1. The quantitative estimate of drug-likeness (QED) is 0.775. The maximum atomic E-state index is 11.8. The van der Waals surface area contributed by atoms with E-state index < -0.39 is 5.97 Å². The molecule has 0 aliphatic heterocycles. The molecule has 0 saturated carbocycles. The summed E-state index contributed by atoms with van der Waals surface area (Å²) in [7, 11) is 0. The van der Waals surface area contributed by atoms with Crippen LogP contribution < -0.4 is 5.56 Å². The Bertz CT molecular complexity index is 597. The number of hydrogen-bond acceptors (Lipinski definition) is 3. The first-order valence-corrected chi connectivity index (χ1v) is 4.92. The molecule has 0 bridgehead atoms. The monoisotopic (exact) mass is 221 g/mol. The van der Waals surface area contributed by atoms with Crippen LogP contribution in [0.3, 0.4) is 0 Å². The molecule has 0 aromatic carbocycles. The van der Waals surface area contributed by atoms with Gasteiger partial charge in [0.2, 0.25) is 0 Å². The van der Waals surface area contributed by atoms with Crippen molar-refractivity contribution < 1.29 is 9.90 Å². The first-order valence-electron chi connectivity index (χ1n) is 4.92. The highest BCUT2D eigenvalue weighted by Gasteiger charge is 2.10. The maximum absolute atomic E-state index is 11.8. The minimum Gasteiger partial charge on any atom is -0.481 e. The van der Waals surface area contributed by atoms with E-state index >= 15 is 0 Å². The summed E-state index contributed by atoms with van der Waals surface area (Å²) in [6.07, 6.45) is 1.77. The maximum Gasteiger partial charge on any atom is 0.308 e. The molecule has 0 spiro atoms. The number of rotatable bonds is 3.